The van der Waals surface area contributed by atoms with E-state index in [1.165, 1.54) is 18.2 Å². The summed E-state index contributed by atoms with van der Waals surface area (Å²) in [5.74, 6) is -0.255. The van der Waals surface area contributed by atoms with Crippen LogP contribution in [0.15, 0.2) is 77.0 Å². The van der Waals surface area contributed by atoms with Crippen molar-refractivity contribution in [2.45, 2.75) is 25.3 Å². The monoisotopic (exact) mass is 424 g/mol. The molecule has 0 saturated carbocycles. The van der Waals surface area contributed by atoms with Crippen LogP contribution in [0, 0.1) is 19.4 Å². The molecule has 0 aliphatic heterocycles. The van der Waals surface area contributed by atoms with Gasteiger partial charge in [-0.1, -0.05) is 12.1 Å². The summed E-state index contributed by atoms with van der Waals surface area (Å²) >= 11 is 0. The van der Waals surface area contributed by atoms with Gasteiger partial charge in [-0.25, -0.2) is 13.9 Å². The Hall–Kier alpha value is -3.59. The Morgan fingerprint density at radius 1 is 1.03 bits per heavy atom. The van der Waals surface area contributed by atoms with E-state index < -0.39 is 10.0 Å². The number of hydrogen-bond acceptors (Lipinski definition) is 5. The average Bonchev–Trinajstić information content (AvgIpc) is 2.72. The standard InChI is InChI=1S/C21H21N5O3S/c1-15-6-11-19(30(28,29)25-18-9-7-17(24-22)8-10-18)16(2)21(15)23-20(27)14-26-12-4-3-5-13-26/h3-13H,14H2,1-2H3,(H2-,22,23,25,27)/p+1. The van der Waals surface area contributed by atoms with Crippen molar-refractivity contribution in [2.75, 3.05) is 10.0 Å². The van der Waals surface area contributed by atoms with Crippen LogP contribution >= 0.6 is 0 Å². The first-order chi connectivity index (χ1) is 14.3. The van der Waals surface area contributed by atoms with E-state index in [-0.39, 0.29) is 17.3 Å². The fourth-order valence-electron chi connectivity index (χ4n) is 3.01. The third-order valence-electron chi connectivity index (χ3n) is 4.53. The quantitative estimate of drug-likeness (QED) is 0.397. The Balaban J connectivity index is 1.85. The predicted molar refractivity (Wildman–Crippen MR) is 113 cm³/mol. The van der Waals surface area contributed by atoms with E-state index in [1.54, 1.807) is 42.1 Å². The molecular weight excluding hydrogens is 402 g/mol. The second kappa shape index (κ2) is 8.83. The van der Waals surface area contributed by atoms with Gasteiger partial charge in [-0.15, -0.1) is 0 Å². The lowest BCUT2D eigenvalue weighted by Gasteiger charge is -2.16. The van der Waals surface area contributed by atoms with E-state index in [9.17, 15) is 13.2 Å². The maximum Gasteiger partial charge on any atom is 0.290 e. The second-order valence-corrected chi connectivity index (χ2v) is 8.39. The van der Waals surface area contributed by atoms with Crippen molar-refractivity contribution in [2.24, 2.45) is 5.11 Å². The van der Waals surface area contributed by atoms with Crippen LogP contribution in [0.4, 0.5) is 17.1 Å². The van der Waals surface area contributed by atoms with Gasteiger partial charge in [0.15, 0.2) is 12.4 Å². The number of rotatable bonds is 7. The first kappa shape index (κ1) is 21.1. The molecule has 0 saturated heterocycles. The van der Waals surface area contributed by atoms with Gasteiger partial charge in [0.05, 0.1) is 10.6 Å². The van der Waals surface area contributed by atoms with E-state index in [0.717, 1.165) is 5.56 Å². The molecule has 0 aliphatic rings. The van der Waals surface area contributed by atoms with Crippen molar-refractivity contribution in [1.29, 1.82) is 5.53 Å². The summed E-state index contributed by atoms with van der Waals surface area (Å²) in [6, 6.07) is 14.8. The Kier molecular flexibility index (Phi) is 6.22. The van der Waals surface area contributed by atoms with Gasteiger partial charge in [0.1, 0.15) is 0 Å². The number of carbonyl (C=O) groups is 1. The van der Waals surface area contributed by atoms with Gasteiger partial charge in [0, 0.05) is 23.5 Å². The van der Waals surface area contributed by atoms with Crippen molar-refractivity contribution in [3.8, 4) is 0 Å². The zero-order chi connectivity index (χ0) is 21.7. The van der Waals surface area contributed by atoms with Gasteiger partial charge in [0.25, 0.3) is 15.9 Å². The number of benzene rings is 2. The number of carbonyl (C=O) groups excluding carboxylic acids is 1. The van der Waals surface area contributed by atoms with E-state index in [2.05, 4.69) is 15.2 Å². The first-order valence-corrected chi connectivity index (χ1v) is 10.6. The van der Waals surface area contributed by atoms with Gasteiger partial charge in [-0.05, 0) is 55.3 Å². The van der Waals surface area contributed by atoms with Crippen LogP contribution in [0.1, 0.15) is 11.1 Å². The number of nitrogens with zero attached hydrogens (tertiary/aromatic N) is 2. The number of pyridine rings is 1. The summed E-state index contributed by atoms with van der Waals surface area (Å²) in [5, 5.41) is 6.12. The fourth-order valence-corrected chi connectivity index (χ4v) is 4.32. The molecule has 1 aromatic heterocycles. The molecule has 0 fully saturated rings. The minimum absolute atomic E-state index is 0.0741. The van der Waals surface area contributed by atoms with Crippen LogP contribution in [0.3, 0.4) is 0 Å². The molecule has 0 bridgehead atoms. The Labute approximate surface area is 175 Å². The number of sulfonamides is 1. The average molecular weight is 425 g/mol. The molecule has 3 rings (SSSR count). The first-order valence-electron chi connectivity index (χ1n) is 9.14. The van der Waals surface area contributed by atoms with Gasteiger partial charge < -0.3 is 5.32 Å². The highest BCUT2D eigenvalue weighted by molar-refractivity contribution is 7.92. The number of anilines is 2. The molecule has 0 aliphatic carbocycles. The highest BCUT2D eigenvalue weighted by Gasteiger charge is 2.21. The van der Waals surface area contributed by atoms with Crippen molar-refractivity contribution in [1.82, 2.24) is 0 Å². The molecular formula is C21H22N5O3S+. The number of aromatic nitrogens is 1. The van der Waals surface area contributed by atoms with Crippen LogP contribution in [0.25, 0.3) is 0 Å². The molecule has 0 radical (unpaired) electrons. The molecule has 0 unspecified atom stereocenters. The molecule has 1 heterocycles. The summed E-state index contributed by atoms with van der Waals surface area (Å²) < 4.78 is 30.1. The topological polar surface area (TPSA) is 115 Å². The zero-order valence-corrected chi connectivity index (χ0v) is 17.4. The zero-order valence-electron chi connectivity index (χ0n) is 16.6. The fraction of sp³-hybridized carbons (Fsp3) is 0.143. The smallest absolute Gasteiger partial charge is 0.290 e. The third-order valence-corrected chi connectivity index (χ3v) is 6.06. The summed E-state index contributed by atoms with van der Waals surface area (Å²) in [6.07, 6.45) is 3.56. The summed E-state index contributed by atoms with van der Waals surface area (Å²) in [6.45, 7) is 3.59. The SMILES string of the molecule is Cc1ccc(S(=O)(=O)Nc2ccc(N=N)cc2)c(C)c1NC(=O)C[n+]1ccccc1. The number of amides is 1. The van der Waals surface area contributed by atoms with Crippen LogP contribution in [0.5, 0.6) is 0 Å². The maximum absolute atomic E-state index is 12.9. The van der Waals surface area contributed by atoms with Crippen LogP contribution in [-0.4, -0.2) is 14.3 Å². The molecule has 0 atom stereocenters. The molecule has 8 nitrogen and oxygen atoms in total. The summed E-state index contributed by atoms with van der Waals surface area (Å²) in [5.41, 5.74) is 9.44. The number of aryl methyl sites for hydroxylation is 1. The van der Waals surface area contributed by atoms with Crippen molar-refractivity contribution < 1.29 is 17.8 Å². The van der Waals surface area contributed by atoms with E-state index in [1.807, 2.05) is 25.1 Å². The van der Waals surface area contributed by atoms with Crippen molar-refractivity contribution in [3.63, 3.8) is 0 Å². The molecule has 0 spiro atoms. The molecule has 3 N–H and O–H groups in total. The molecule has 2 aromatic carbocycles. The lowest BCUT2D eigenvalue weighted by Crippen LogP contribution is -2.39. The molecule has 30 heavy (non-hydrogen) atoms. The lowest BCUT2D eigenvalue weighted by molar-refractivity contribution is -0.684. The third kappa shape index (κ3) is 4.87. The Bertz CT molecular complexity index is 1180. The molecule has 3 aromatic rings. The van der Waals surface area contributed by atoms with E-state index in [4.69, 9.17) is 5.53 Å². The minimum Gasteiger partial charge on any atom is -0.320 e. The lowest BCUT2D eigenvalue weighted by atomic mass is 10.1. The summed E-state index contributed by atoms with van der Waals surface area (Å²) in [7, 11) is -3.88. The summed E-state index contributed by atoms with van der Waals surface area (Å²) in [4.78, 5) is 12.6. The minimum atomic E-state index is -3.88. The highest BCUT2D eigenvalue weighted by Crippen LogP contribution is 2.28. The van der Waals surface area contributed by atoms with Crippen LogP contribution < -0.4 is 14.6 Å². The molecule has 154 valence electrons. The predicted octanol–water partition coefficient (Wildman–Crippen LogP) is 3.69. The number of hydrogen-bond donors (Lipinski definition) is 3. The van der Waals surface area contributed by atoms with E-state index >= 15 is 0 Å². The highest BCUT2D eigenvalue weighted by atomic mass is 32.2. The second-order valence-electron chi connectivity index (χ2n) is 6.74. The number of nitrogens with one attached hydrogen (secondary N) is 3. The largest absolute Gasteiger partial charge is 0.320 e. The van der Waals surface area contributed by atoms with Crippen LogP contribution in [-0.2, 0) is 21.4 Å². The Morgan fingerprint density at radius 2 is 1.70 bits per heavy atom. The normalized spacial score (nSPS) is 11.0. The van der Waals surface area contributed by atoms with Crippen molar-refractivity contribution in [3.05, 3.63) is 78.1 Å². The van der Waals surface area contributed by atoms with Gasteiger partial charge in [-0.3, -0.25) is 9.52 Å². The van der Waals surface area contributed by atoms with Crippen molar-refractivity contribution >= 4 is 33.0 Å². The molecule has 1 amide bonds. The van der Waals surface area contributed by atoms with Gasteiger partial charge in [0.2, 0.25) is 6.54 Å². The maximum atomic E-state index is 12.9. The van der Waals surface area contributed by atoms with E-state index in [0.29, 0.717) is 22.6 Å². The van der Waals surface area contributed by atoms with Gasteiger partial charge in [-0.2, -0.15) is 9.68 Å². The Morgan fingerprint density at radius 3 is 2.33 bits per heavy atom. The van der Waals surface area contributed by atoms with Crippen LogP contribution in [0.2, 0.25) is 0 Å². The molecule has 9 heteroatoms. The van der Waals surface area contributed by atoms with Gasteiger partial charge >= 0.3 is 0 Å².